The lowest BCUT2D eigenvalue weighted by Gasteiger charge is -2.06. The third-order valence-corrected chi connectivity index (χ3v) is 3.47. The molecule has 0 spiro atoms. The molecule has 1 heterocycles. The van der Waals surface area contributed by atoms with Crippen molar-refractivity contribution in [1.29, 1.82) is 0 Å². The summed E-state index contributed by atoms with van der Waals surface area (Å²) in [6, 6.07) is 4.09. The van der Waals surface area contributed by atoms with Gasteiger partial charge in [0.15, 0.2) is 0 Å². The van der Waals surface area contributed by atoms with Gasteiger partial charge in [0.05, 0.1) is 5.52 Å². The number of hydrogen-bond acceptors (Lipinski definition) is 1. The number of aryl methyl sites for hydroxylation is 2. The van der Waals surface area contributed by atoms with Crippen molar-refractivity contribution in [2.75, 3.05) is 6.54 Å². The van der Waals surface area contributed by atoms with E-state index in [0.29, 0.717) is 6.54 Å². The van der Waals surface area contributed by atoms with Gasteiger partial charge < -0.3 is 10.3 Å². The van der Waals surface area contributed by atoms with Gasteiger partial charge in [-0.3, -0.25) is 0 Å². The molecule has 2 rings (SSSR count). The average molecular weight is 237 g/mol. The highest BCUT2D eigenvalue weighted by molar-refractivity contribution is 6.32. The van der Waals surface area contributed by atoms with E-state index in [-0.39, 0.29) is 0 Å². The lowest BCUT2D eigenvalue weighted by atomic mass is 10.1. The zero-order chi connectivity index (χ0) is 11.7. The fourth-order valence-corrected chi connectivity index (χ4v) is 2.38. The van der Waals surface area contributed by atoms with Crippen molar-refractivity contribution >= 4 is 22.5 Å². The fourth-order valence-electron chi connectivity index (χ4n) is 2.22. The Morgan fingerprint density at radius 3 is 2.75 bits per heavy atom. The van der Waals surface area contributed by atoms with Crippen LogP contribution in [-0.4, -0.2) is 11.1 Å². The van der Waals surface area contributed by atoms with Gasteiger partial charge in [-0.1, -0.05) is 24.6 Å². The van der Waals surface area contributed by atoms with E-state index in [1.165, 1.54) is 16.5 Å². The van der Waals surface area contributed by atoms with E-state index in [1.807, 2.05) is 6.07 Å². The maximum atomic E-state index is 6.17. The van der Waals surface area contributed by atoms with E-state index < -0.39 is 0 Å². The average Bonchev–Trinajstić information content (AvgIpc) is 2.63. The Labute approximate surface area is 101 Å². The van der Waals surface area contributed by atoms with Gasteiger partial charge in [-0.25, -0.2) is 0 Å². The summed E-state index contributed by atoms with van der Waals surface area (Å²) < 4.78 is 2.22. The molecule has 0 saturated carbocycles. The van der Waals surface area contributed by atoms with E-state index in [9.17, 15) is 0 Å². The van der Waals surface area contributed by atoms with Crippen LogP contribution >= 0.6 is 11.6 Å². The molecular formula is C13H17ClN2. The van der Waals surface area contributed by atoms with Crippen LogP contribution in [0, 0.1) is 6.92 Å². The first-order chi connectivity index (χ1) is 7.69. The Hall–Kier alpha value is -0.990. The van der Waals surface area contributed by atoms with Gasteiger partial charge in [0.2, 0.25) is 0 Å². The van der Waals surface area contributed by atoms with Crippen molar-refractivity contribution in [3.8, 4) is 0 Å². The molecule has 0 aliphatic carbocycles. The van der Waals surface area contributed by atoms with Crippen molar-refractivity contribution in [2.45, 2.75) is 26.8 Å². The van der Waals surface area contributed by atoms with Crippen molar-refractivity contribution in [2.24, 2.45) is 5.73 Å². The van der Waals surface area contributed by atoms with E-state index in [2.05, 4.69) is 30.7 Å². The Morgan fingerprint density at radius 1 is 1.38 bits per heavy atom. The van der Waals surface area contributed by atoms with Crippen molar-refractivity contribution in [3.05, 3.63) is 34.5 Å². The first-order valence-electron chi connectivity index (χ1n) is 5.66. The molecule has 1 aromatic heterocycles. The molecule has 0 unspecified atom stereocenters. The summed E-state index contributed by atoms with van der Waals surface area (Å²) in [6.07, 6.45) is 3.23. The molecule has 0 fully saturated rings. The summed E-state index contributed by atoms with van der Waals surface area (Å²) in [7, 11) is 0. The number of rotatable bonds is 3. The molecule has 86 valence electrons. The molecule has 0 atom stereocenters. The normalized spacial score (nSPS) is 11.2. The van der Waals surface area contributed by atoms with Crippen LogP contribution in [0.3, 0.4) is 0 Å². The van der Waals surface area contributed by atoms with Crippen LogP contribution in [-0.2, 0) is 13.0 Å². The first-order valence-corrected chi connectivity index (χ1v) is 6.03. The van der Waals surface area contributed by atoms with E-state index in [4.69, 9.17) is 17.3 Å². The topological polar surface area (TPSA) is 30.9 Å². The smallest absolute Gasteiger partial charge is 0.0528 e. The maximum Gasteiger partial charge on any atom is 0.0528 e. The van der Waals surface area contributed by atoms with Crippen LogP contribution in [0.5, 0.6) is 0 Å². The number of halogens is 1. The monoisotopic (exact) mass is 236 g/mol. The van der Waals surface area contributed by atoms with Gasteiger partial charge in [0.1, 0.15) is 0 Å². The summed E-state index contributed by atoms with van der Waals surface area (Å²) >= 11 is 6.17. The molecule has 0 radical (unpaired) electrons. The molecule has 2 aromatic rings. The lowest BCUT2D eigenvalue weighted by Crippen LogP contribution is -2.09. The Bertz CT molecular complexity index is 514. The molecule has 3 heteroatoms. The minimum atomic E-state index is 0.652. The molecule has 0 aliphatic rings. The van der Waals surface area contributed by atoms with E-state index in [0.717, 1.165) is 23.6 Å². The van der Waals surface area contributed by atoms with Gasteiger partial charge in [0.25, 0.3) is 0 Å². The van der Waals surface area contributed by atoms with Crippen molar-refractivity contribution in [3.63, 3.8) is 0 Å². The summed E-state index contributed by atoms with van der Waals surface area (Å²) in [4.78, 5) is 0. The minimum Gasteiger partial charge on any atom is -0.346 e. The van der Waals surface area contributed by atoms with Gasteiger partial charge >= 0.3 is 0 Å². The van der Waals surface area contributed by atoms with Crippen LogP contribution in [0.2, 0.25) is 5.02 Å². The number of hydrogen-bond donors (Lipinski definition) is 1. The first kappa shape index (κ1) is 11.5. The molecular weight excluding hydrogens is 220 g/mol. The second-order valence-corrected chi connectivity index (χ2v) is 4.47. The third-order valence-electron chi connectivity index (χ3n) is 3.06. The summed E-state index contributed by atoms with van der Waals surface area (Å²) in [5.41, 5.74) is 9.38. The van der Waals surface area contributed by atoms with E-state index in [1.54, 1.807) is 0 Å². The molecule has 0 bridgehead atoms. The molecule has 1 aromatic carbocycles. The Morgan fingerprint density at radius 2 is 2.12 bits per heavy atom. The second-order valence-electron chi connectivity index (χ2n) is 4.06. The van der Waals surface area contributed by atoms with Crippen LogP contribution in [0.4, 0.5) is 0 Å². The maximum absolute atomic E-state index is 6.17. The predicted octanol–water partition coefficient (Wildman–Crippen LogP) is 3.12. The van der Waals surface area contributed by atoms with Crippen LogP contribution in [0.15, 0.2) is 18.3 Å². The van der Waals surface area contributed by atoms with E-state index >= 15 is 0 Å². The zero-order valence-corrected chi connectivity index (χ0v) is 10.5. The number of nitrogens with zero attached hydrogens (tertiary/aromatic N) is 1. The van der Waals surface area contributed by atoms with Crippen molar-refractivity contribution < 1.29 is 0 Å². The highest BCUT2D eigenvalue weighted by atomic mass is 35.5. The lowest BCUT2D eigenvalue weighted by molar-refractivity contribution is 0.731. The minimum absolute atomic E-state index is 0.652. The molecule has 0 aliphatic heterocycles. The molecule has 2 N–H and O–H groups in total. The molecule has 16 heavy (non-hydrogen) atoms. The SMILES string of the molecule is CCc1cn(CCN)c2c(C)c(Cl)ccc12. The molecule has 0 amide bonds. The number of nitrogens with two attached hydrogens (primary N) is 1. The Kier molecular flexibility index (Phi) is 3.22. The van der Waals surface area contributed by atoms with Crippen LogP contribution in [0.25, 0.3) is 10.9 Å². The quantitative estimate of drug-likeness (QED) is 0.872. The number of aromatic nitrogens is 1. The summed E-state index contributed by atoms with van der Waals surface area (Å²) in [5, 5.41) is 2.13. The number of fused-ring (bicyclic) bond motifs is 1. The fraction of sp³-hybridized carbons (Fsp3) is 0.385. The zero-order valence-electron chi connectivity index (χ0n) is 9.76. The van der Waals surface area contributed by atoms with Crippen LogP contribution < -0.4 is 5.73 Å². The highest BCUT2D eigenvalue weighted by Crippen LogP contribution is 2.29. The standard InChI is InChI=1S/C13H17ClN2/c1-3-10-8-16(7-6-15)13-9(2)12(14)5-4-11(10)13/h4-5,8H,3,6-7,15H2,1-2H3. The Balaban J connectivity index is 2.75. The van der Waals surface area contributed by atoms with Gasteiger partial charge in [-0.05, 0) is 30.5 Å². The van der Waals surface area contributed by atoms with Crippen LogP contribution in [0.1, 0.15) is 18.1 Å². The largest absolute Gasteiger partial charge is 0.346 e. The van der Waals surface area contributed by atoms with Crippen molar-refractivity contribution in [1.82, 2.24) is 4.57 Å². The predicted molar refractivity (Wildman–Crippen MR) is 70.1 cm³/mol. The molecule has 0 saturated heterocycles. The summed E-state index contributed by atoms with van der Waals surface area (Å²) in [6.45, 7) is 5.74. The van der Waals surface area contributed by atoms with Gasteiger partial charge in [-0.15, -0.1) is 0 Å². The second kappa shape index (κ2) is 4.48. The highest BCUT2D eigenvalue weighted by Gasteiger charge is 2.10. The molecule has 2 nitrogen and oxygen atoms in total. The van der Waals surface area contributed by atoms with Gasteiger partial charge in [-0.2, -0.15) is 0 Å². The summed E-state index contributed by atoms with van der Waals surface area (Å²) in [5.74, 6) is 0. The third kappa shape index (κ3) is 1.72. The van der Waals surface area contributed by atoms with Gasteiger partial charge in [0, 0.05) is 29.7 Å². The number of benzene rings is 1.